The summed E-state index contributed by atoms with van der Waals surface area (Å²) in [5.41, 5.74) is 1.03. The number of ether oxygens (including phenoxy) is 1. The fourth-order valence-corrected chi connectivity index (χ4v) is 2.06. The van der Waals surface area contributed by atoms with Crippen LogP contribution in [0, 0.1) is 0 Å². The highest BCUT2D eigenvalue weighted by Crippen LogP contribution is 2.28. The second-order valence-corrected chi connectivity index (χ2v) is 6.05. The monoisotopic (exact) mass is 354 g/mol. The Labute approximate surface area is 132 Å². The summed E-state index contributed by atoms with van der Waals surface area (Å²) in [4.78, 5) is 4.27. The van der Waals surface area contributed by atoms with Crippen molar-refractivity contribution in [2.45, 2.75) is 26.4 Å². The van der Waals surface area contributed by atoms with E-state index in [1.54, 1.807) is 6.20 Å². The first-order chi connectivity index (χ1) is 9.54. The molecule has 0 bridgehead atoms. The van der Waals surface area contributed by atoms with E-state index in [0.29, 0.717) is 22.7 Å². The third-order valence-electron chi connectivity index (χ3n) is 2.61. The molecule has 0 aliphatic heterocycles. The lowest BCUT2D eigenvalue weighted by Gasteiger charge is -2.10. The molecule has 0 aliphatic carbocycles. The first-order valence-electron chi connectivity index (χ1n) is 6.36. The lowest BCUT2D eigenvalue weighted by molar-refractivity contribution is 0.462. The molecule has 1 aromatic heterocycles. The van der Waals surface area contributed by atoms with Crippen LogP contribution < -0.4 is 10.1 Å². The summed E-state index contributed by atoms with van der Waals surface area (Å²) in [6.07, 6.45) is 1.77. The minimum Gasteiger partial charge on any atom is -0.438 e. The number of halogens is 2. The van der Waals surface area contributed by atoms with Crippen LogP contribution >= 0.6 is 27.5 Å². The van der Waals surface area contributed by atoms with Crippen LogP contribution in [0.25, 0.3) is 0 Å². The second kappa shape index (κ2) is 7.07. The predicted molar refractivity (Wildman–Crippen MR) is 85.4 cm³/mol. The maximum atomic E-state index is 6.20. The molecular formula is C15H16BrClN2O. The van der Waals surface area contributed by atoms with Crippen molar-refractivity contribution in [3.05, 3.63) is 51.6 Å². The van der Waals surface area contributed by atoms with Gasteiger partial charge in [-0.3, -0.25) is 0 Å². The number of nitrogens with zero attached hydrogens (tertiary/aromatic N) is 1. The zero-order valence-corrected chi connectivity index (χ0v) is 13.7. The van der Waals surface area contributed by atoms with Crippen molar-refractivity contribution in [2.75, 3.05) is 0 Å². The predicted octanol–water partition coefficient (Wildman–Crippen LogP) is 4.79. The molecule has 0 atom stereocenters. The lowest BCUT2D eigenvalue weighted by atomic mass is 10.2. The molecule has 3 nitrogen and oxygen atoms in total. The molecular weight excluding hydrogens is 340 g/mol. The van der Waals surface area contributed by atoms with E-state index in [1.165, 1.54) is 0 Å². The Bertz CT molecular complexity index is 573. The molecule has 2 rings (SSSR count). The van der Waals surface area contributed by atoms with Crippen LogP contribution in [-0.4, -0.2) is 11.0 Å². The number of hydrogen-bond acceptors (Lipinski definition) is 3. The Kier molecular flexibility index (Phi) is 5.40. The van der Waals surface area contributed by atoms with E-state index in [4.69, 9.17) is 16.3 Å². The van der Waals surface area contributed by atoms with Crippen molar-refractivity contribution in [1.29, 1.82) is 0 Å². The molecule has 1 aromatic carbocycles. The Morgan fingerprint density at radius 2 is 2.00 bits per heavy atom. The van der Waals surface area contributed by atoms with Gasteiger partial charge in [0, 0.05) is 23.3 Å². The summed E-state index contributed by atoms with van der Waals surface area (Å²) in [5.74, 6) is 1.12. The maximum absolute atomic E-state index is 6.20. The summed E-state index contributed by atoms with van der Waals surface area (Å²) < 4.78 is 6.66. The van der Waals surface area contributed by atoms with Crippen molar-refractivity contribution < 1.29 is 4.74 Å². The highest BCUT2D eigenvalue weighted by Gasteiger charge is 2.07. The summed E-state index contributed by atoms with van der Waals surface area (Å²) in [7, 11) is 0. The van der Waals surface area contributed by atoms with Gasteiger partial charge in [0.1, 0.15) is 10.8 Å². The minimum absolute atomic E-state index is 0.419. The van der Waals surface area contributed by atoms with E-state index < -0.39 is 0 Å². The highest BCUT2D eigenvalue weighted by molar-refractivity contribution is 9.10. The molecule has 20 heavy (non-hydrogen) atoms. The van der Waals surface area contributed by atoms with Gasteiger partial charge in [0.15, 0.2) is 0 Å². The number of hydrogen-bond donors (Lipinski definition) is 1. The molecule has 1 heterocycles. The first-order valence-corrected chi connectivity index (χ1v) is 7.53. The van der Waals surface area contributed by atoms with Gasteiger partial charge in [-0.05, 0) is 35.9 Å². The van der Waals surface area contributed by atoms with E-state index in [-0.39, 0.29) is 0 Å². The SMILES string of the molecule is CC(C)NCc1cnc(Oc2ccc(Br)cc2)c(Cl)c1. The molecule has 0 fully saturated rings. The van der Waals surface area contributed by atoms with Gasteiger partial charge in [0.2, 0.25) is 5.88 Å². The molecule has 0 saturated carbocycles. The fraction of sp³-hybridized carbons (Fsp3) is 0.267. The number of pyridine rings is 1. The van der Waals surface area contributed by atoms with Crippen LogP contribution in [0.1, 0.15) is 19.4 Å². The lowest BCUT2D eigenvalue weighted by Crippen LogP contribution is -2.21. The van der Waals surface area contributed by atoms with Gasteiger partial charge in [0.05, 0.1) is 0 Å². The van der Waals surface area contributed by atoms with Gasteiger partial charge < -0.3 is 10.1 Å². The van der Waals surface area contributed by atoms with Gasteiger partial charge in [-0.1, -0.05) is 41.4 Å². The molecule has 0 spiro atoms. The summed E-state index contributed by atoms with van der Waals surface area (Å²) in [6, 6.07) is 9.83. The molecule has 5 heteroatoms. The summed E-state index contributed by atoms with van der Waals surface area (Å²) >= 11 is 9.58. The van der Waals surface area contributed by atoms with Crippen LogP contribution in [0.3, 0.4) is 0 Å². The molecule has 0 amide bonds. The highest BCUT2D eigenvalue weighted by atomic mass is 79.9. The average molecular weight is 356 g/mol. The number of benzene rings is 1. The largest absolute Gasteiger partial charge is 0.438 e. The van der Waals surface area contributed by atoms with E-state index in [9.17, 15) is 0 Å². The Balaban J connectivity index is 2.07. The quantitative estimate of drug-likeness (QED) is 0.837. The van der Waals surface area contributed by atoms with E-state index in [2.05, 4.69) is 40.1 Å². The Hall–Kier alpha value is -1.10. The fourth-order valence-electron chi connectivity index (χ4n) is 1.57. The van der Waals surface area contributed by atoms with Crippen LogP contribution in [0.4, 0.5) is 0 Å². The first kappa shape index (κ1) is 15.3. The van der Waals surface area contributed by atoms with Crippen molar-refractivity contribution in [1.82, 2.24) is 10.3 Å². The van der Waals surface area contributed by atoms with Crippen LogP contribution in [0.15, 0.2) is 41.0 Å². The smallest absolute Gasteiger partial charge is 0.238 e. The number of nitrogens with one attached hydrogen (secondary N) is 1. The van der Waals surface area contributed by atoms with Gasteiger partial charge >= 0.3 is 0 Å². The van der Waals surface area contributed by atoms with Crippen LogP contribution in [-0.2, 0) is 6.54 Å². The maximum Gasteiger partial charge on any atom is 0.238 e. The van der Waals surface area contributed by atoms with Crippen molar-refractivity contribution in [2.24, 2.45) is 0 Å². The Morgan fingerprint density at radius 1 is 1.30 bits per heavy atom. The molecule has 1 N–H and O–H groups in total. The number of rotatable bonds is 5. The third kappa shape index (κ3) is 4.47. The second-order valence-electron chi connectivity index (χ2n) is 4.72. The topological polar surface area (TPSA) is 34.2 Å². The van der Waals surface area contributed by atoms with E-state index in [1.807, 2.05) is 30.3 Å². The zero-order chi connectivity index (χ0) is 14.5. The van der Waals surface area contributed by atoms with Crippen molar-refractivity contribution in [3.63, 3.8) is 0 Å². The van der Waals surface area contributed by atoms with Crippen LogP contribution in [0.5, 0.6) is 11.6 Å². The van der Waals surface area contributed by atoms with Crippen molar-refractivity contribution >= 4 is 27.5 Å². The Morgan fingerprint density at radius 3 is 2.60 bits per heavy atom. The van der Waals surface area contributed by atoms with Crippen molar-refractivity contribution in [3.8, 4) is 11.6 Å². The minimum atomic E-state index is 0.419. The molecule has 0 saturated heterocycles. The molecule has 0 unspecified atom stereocenters. The molecule has 0 aliphatic rings. The third-order valence-corrected chi connectivity index (χ3v) is 3.41. The summed E-state index contributed by atoms with van der Waals surface area (Å²) in [5, 5.41) is 3.83. The number of aromatic nitrogens is 1. The van der Waals surface area contributed by atoms with Gasteiger partial charge in [-0.25, -0.2) is 4.98 Å². The summed E-state index contributed by atoms with van der Waals surface area (Å²) in [6.45, 7) is 4.93. The van der Waals surface area contributed by atoms with Gasteiger partial charge in [0.25, 0.3) is 0 Å². The molecule has 0 radical (unpaired) electrons. The van der Waals surface area contributed by atoms with E-state index >= 15 is 0 Å². The molecule has 106 valence electrons. The van der Waals surface area contributed by atoms with Crippen LogP contribution in [0.2, 0.25) is 5.02 Å². The van der Waals surface area contributed by atoms with E-state index in [0.717, 1.165) is 16.6 Å². The average Bonchev–Trinajstić information content (AvgIpc) is 2.41. The standard InChI is InChI=1S/C15H16BrClN2O/c1-10(2)18-8-11-7-14(17)15(19-9-11)20-13-5-3-12(16)4-6-13/h3-7,9-10,18H,8H2,1-2H3. The molecule has 2 aromatic rings. The van der Waals surface area contributed by atoms with Gasteiger partial charge in [-0.2, -0.15) is 0 Å². The zero-order valence-electron chi connectivity index (χ0n) is 11.4. The van der Waals surface area contributed by atoms with Gasteiger partial charge in [-0.15, -0.1) is 0 Å². The normalized spacial score (nSPS) is 10.8.